The normalized spacial score (nSPS) is 17.4. The van der Waals surface area contributed by atoms with E-state index < -0.39 is 5.82 Å². The number of aromatic nitrogens is 1. The zero-order valence-corrected chi connectivity index (χ0v) is 15.2. The van der Waals surface area contributed by atoms with Gasteiger partial charge in [-0.05, 0) is 45.0 Å². The average Bonchev–Trinajstić information content (AvgIpc) is 3.27. The molecule has 6 nitrogen and oxygen atoms in total. The van der Waals surface area contributed by atoms with Gasteiger partial charge in [-0.2, -0.15) is 0 Å². The summed E-state index contributed by atoms with van der Waals surface area (Å²) in [7, 11) is 2.09. The molecule has 0 radical (unpaired) electrons. The summed E-state index contributed by atoms with van der Waals surface area (Å²) >= 11 is 0. The molecule has 0 spiro atoms. The first-order chi connectivity index (χ1) is 12.6. The topological polar surface area (TPSA) is 58.8 Å². The molecule has 1 amide bonds. The summed E-state index contributed by atoms with van der Waals surface area (Å²) in [5, 5.41) is 0. The monoisotopic (exact) mass is 361 g/mol. The largest absolute Gasteiger partial charge is 0.481 e. The molecule has 3 rings (SSSR count). The van der Waals surface area contributed by atoms with Crippen LogP contribution in [-0.4, -0.2) is 53.9 Å². The van der Waals surface area contributed by atoms with Crippen LogP contribution in [0.4, 0.5) is 4.39 Å². The number of halogens is 1. The Labute approximate surface area is 152 Å². The van der Waals surface area contributed by atoms with Crippen LogP contribution in [0, 0.1) is 11.7 Å². The third-order valence-corrected chi connectivity index (χ3v) is 4.60. The molecule has 0 saturated carbocycles. The third kappa shape index (κ3) is 4.40. The van der Waals surface area contributed by atoms with Crippen LogP contribution < -0.4 is 4.74 Å². The van der Waals surface area contributed by atoms with E-state index in [1.165, 1.54) is 18.4 Å². The van der Waals surface area contributed by atoms with Crippen molar-refractivity contribution in [3.63, 3.8) is 0 Å². The third-order valence-electron chi connectivity index (χ3n) is 4.60. The number of likely N-dealkylation sites (tertiary alicyclic amines) is 1. The van der Waals surface area contributed by atoms with Crippen molar-refractivity contribution in [1.29, 1.82) is 0 Å². The van der Waals surface area contributed by atoms with Crippen molar-refractivity contribution in [3.05, 3.63) is 47.9 Å². The fourth-order valence-electron chi connectivity index (χ4n) is 3.18. The van der Waals surface area contributed by atoms with Gasteiger partial charge in [-0.15, -0.1) is 0 Å². The lowest BCUT2D eigenvalue weighted by atomic mass is 10.1. The number of para-hydroxylation sites is 1. The molecule has 1 fully saturated rings. The Kier molecular flexibility index (Phi) is 5.88. The molecule has 2 aromatic rings. The van der Waals surface area contributed by atoms with Crippen molar-refractivity contribution >= 4 is 5.91 Å². The molecule has 1 aliphatic heterocycles. The maximum atomic E-state index is 13.6. The summed E-state index contributed by atoms with van der Waals surface area (Å²) in [5.74, 6) is 0.254. The molecular weight excluding hydrogens is 337 g/mol. The number of nitrogens with zero attached hydrogens (tertiary/aromatic N) is 3. The first-order valence-electron chi connectivity index (χ1n) is 8.86. The van der Waals surface area contributed by atoms with Crippen molar-refractivity contribution < 1.29 is 18.3 Å². The molecule has 1 atom stereocenters. The lowest BCUT2D eigenvalue weighted by Crippen LogP contribution is -2.36. The van der Waals surface area contributed by atoms with E-state index in [4.69, 9.17) is 9.15 Å². The molecule has 1 saturated heterocycles. The fraction of sp³-hybridized carbons (Fsp3) is 0.474. The van der Waals surface area contributed by atoms with Crippen LogP contribution in [0.3, 0.4) is 0 Å². The highest BCUT2D eigenvalue weighted by atomic mass is 19.1. The number of carbonyl (C=O) groups is 1. The van der Waals surface area contributed by atoms with Gasteiger partial charge in [0.05, 0.1) is 0 Å². The van der Waals surface area contributed by atoms with Gasteiger partial charge in [0.15, 0.2) is 23.9 Å². The van der Waals surface area contributed by atoms with Crippen LogP contribution in [0.15, 0.2) is 34.9 Å². The molecule has 140 valence electrons. The smallest absolute Gasteiger partial charge is 0.275 e. The Balaban J connectivity index is 1.58. The zero-order valence-electron chi connectivity index (χ0n) is 15.2. The minimum absolute atomic E-state index is 0.0340. The van der Waals surface area contributed by atoms with Crippen LogP contribution in [0.25, 0.3) is 0 Å². The van der Waals surface area contributed by atoms with Crippen LogP contribution in [0.2, 0.25) is 0 Å². The van der Waals surface area contributed by atoms with E-state index in [1.54, 1.807) is 17.0 Å². The highest BCUT2D eigenvalue weighted by Crippen LogP contribution is 2.19. The lowest BCUT2D eigenvalue weighted by molar-refractivity contribution is 0.0733. The standard InChI is InChI=1S/C19H24FN3O3/c1-3-23(11-14-8-9-22(2)10-14)19(24)16-12-26-18(21-16)13-25-17-7-5-4-6-15(17)20/h4-7,12,14H,3,8-11,13H2,1-2H3. The summed E-state index contributed by atoms with van der Waals surface area (Å²) in [5.41, 5.74) is 0.255. The van der Waals surface area contributed by atoms with Crippen LogP contribution in [0.1, 0.15) is 29.7 Å². The number of hydrogen-bond acceptors (Lipinski definition) is 5. The average molecular weight is 361 g/mol. The first-order valence-corrected chi connectivity index (χ1v) is 8.86. The van der Waals surface area contributed by atoms with Gasteiger partial charge >= 0.3 is 0 Å². The SMILES string of the molecule is CCN(CC1CCN(C)C1)C(=O)c1coc(COc2ccccc2F)n1. The predicted molar refractivity (Wildman–Crippen MR) is 94.4 cm³/mol. The number of amides is 1. The minimum Gasteiger partial charge on any atom is -0.481 e. The van der Waals surface area contributed by atoms with E-state index in [-0.39, 0.29) is 29.8 Å². The van der Waals surface area contributed by atoms with Crippen molar-refractivity contribution in [1.82, 2.24) is 14.8 Å². The van der Waals surface area contributed by atoms with Crippen molar-refractivity contribution in [2.45, 2.75) is 20.0 Å². The number of hydrogen-bond donors (Lipinski definition) is 0. The highest BCUT2D eigenvalue weighted by molar-refractivity contribution is 5.92. The van der Waals surface area contributed by atoms with Crippen LogP contribution >= 0.6 is 0 Å². The Hall–Kier alpha value is -2.41. The van der Waals surface area contributed by atoms with E-state index in [1.807, 2.05) is 6.92 Å². The lowest BCUT2D eigenvalue weighted by Gasteiger charge is -2.23. The first kappa shape index (κ1) is 18.4. The molecule has 1 unspecified atom stereocenters. The zero-order chi connectivity index (χ0) is 18.5. The van der Waals surface area contributed by atoms with Crippen molar-refractivity contribution in [2.24, 2.45) is 5.92 Å². The van der Waals surface area contributed by atoms with Gasteiger partial charge in [0.25, 0.3) is 5.91 Å². The number of rotatable bonds is 7. The molecular formula is C19H24FN3O3. The Morgan fingerprint density at radius 2 is 2.27 bits per heavy atom. The highest BCUT2D eigenvalue weighted by Gasteiger charge is 2.25. The molecule has 26 heavy (non-hydrogen) atoms. The number of ether oxygens (including phenoxy) is 1. The van der Waals surface area contributed by atoms with Gasteiger partial charge in [-0.1, -0.05) is 12.1 Å². The summed E-state index contributed by atoms with van der Waals surface area (Å²) in [6.07, 6.45) is 2.44. The molecule has 1 aliphatic rings. The second-order valence-corrected chi connectivity index (χ2v) is 6.61. The number of benzene rings is 1. The van der Waals surface area contributed by atoms with Gasteiger partial charge in [-0.25, -0.2) is 9.37 Å². The van der Waals surface area contributed by atoms with E-state index in [0.717, 1.165) is 19.5 Å². The second-order valence-electron chi connectivity index (χ2n) is 6.61. The predicted octanol–water partition coefficient (Wildman–Crippen LogP) is 2.81. The van der Waals surface area contributed by atoms with Crippen molar-refractivity contribution in [2.75, 3.05) is 33.2 Å². The van der Waals surface area contributed by atoms with E-state index in [9.17, 15) is 9.18 Å². The molecule has 2 heterocycles. The molecule has 0 bridgehead atoms. The van der Waals surface area contributed by atoms with Gasteiger partial charge in [0.2, 0.25) is 5.89 Å². The van der Waals surface area contributed by atoms with Gasteiger partial charge < -0.3 is 19.0 Å². The van der Waals surface area contributed by atoms with E-state index in [0.29, 0.717) is 19.0 Å². The quantitative estimate of drug-likeness (QED) is 0.759. The maximum absolute atomic E-state index is 13.6. The number of carbonyl (C=O) groups excluding carboxylic acids is 1. The van der Waals surface area contributed by atoms with Crippen LogP contribution in [-0.2, 0) is 6.61 Å². The van der Waals surface area contributed by atoms with Crippen LogP contribution in [0.5, 0.6) is 5.75 Å². The van der Waals surface area contributed by atoms with Gasteiger partial charge in [0.1, 0.15) is 6.26 Å². The Morgan fingerprint density at radius 1 is 1.46 bits per heavy atom. The maximum Gasteiger partial charge on any atom is 0.275 e. The van der Waals surface area contributed by atoms with Gasteiger partial charge in [-0.3, -0.25) is 4.79 Å². The molecule has 1 aromatic heterocycles. The van der Waals surface area contributed by atoms with Crippen molar-refractivity contribution in [3.8, 4) is 5.75 Å². The Morgan fingerprint density at radius 3 is 2.96 bits per heavy atom. The summed E-state index contributed by atoms with van der Waals surface area (Å²) < 4.78 is 24.2. The summed E-state index contributed by atoms with van der Waals surface area (Å²) in [6.45, 7) is 5.33. The minimum atomic E-state index is -0.450. The fourth-order valence-corrected chi connectivity index (χ4v) is 3.18. The number of oxazole rings is 1. The Bertz CT molecular complexity index is 749. The van der Waals surface area contributed by atoms with E-state index >= 15 is 0 Å². The second kappa shape index (κ2) is 8.31. The molecule has 1 aromatic carbocycles. The summed E-state index contributed by atoms with van der Waals surface area (Å²) in [6, 6.07) is 6.12. The van der Waals surface area contributed by atoms with E-state index in [2.05, 4.69) is 16.9 Å². The summed E-state index contributed by atoms with van der Waals surface area (Å²) in [4.78, 5) is 20.9. The molecule has 0 aliphatic carbocycles. The molecule has 7 heteroatoms. The molecule has 0 N–H and O–H groups in total. The van der Waals surface area contributed by atoms with Gasteiger partial charge in [0, 0.05) is 19.6 Å².